The van der Waals surface area contributed by atoms with Gasteiger partial charge in [0.15, 0.2) is 5.11 Å². The predicted molar refractivity (Wildman–Crippen MR) is 118 cm³/mol. The second-order valence-electron chi connectivity index (χ2n) is 6.89. The van der Waals surface area contributed by atoms with Crippen molar-refractivity contribution in [3.05, 3.63) is 57.6 Å². The van der Waals surface area contributed by atoms with Gasteiger partial charge in [0, 0.05) is 28.7 Å². The number of methoxy groups -OCH3 is 1. The van der Waals surface area contributed by atoms with Crippen molar-refractivity contribution in [2.75, 3.05) is 12.4 Å². The summed E-state index contributed by atoms with van der Waals surface area (Å²) in [5.41, 5.74) is 2.88. The monoisotopic (exact) mass is 422 g/mol. The van der Waals surface area contributed by atoms with Gasteiger partial charge in [-0.2, -0.15) is 0 Å². The molecule has 1 aliphatic carbocycles. The summed E-state index contributed by atoms with van der Waals surface area (Å²) in [6, 6.07) is 12.1. The Morgan fingerprint density at radius 3 is 2.56 bits per heavy atom. The van der Waals surface area contributed by atoms with Crippen molar-refractivity contribution in [2.45, 2.75) is 45.2 Å². The number of hydrogen-bond donors (Lipinski definition) is 1. The number of hydrogen-bond acceptors (Lipinski definition) is 2. The molecule has 3 nitrogen and oxygen atoms in total. The van der Waals surface area contributed by atoms with Crippen LogP contribution in [-0.4, -0.2) is 23.2 Å². The molecule has 144 valence electrons. The van der Waals surface area contributed by atoms with Crippen LogP contribution >= 0.6 is 35.4 Å². The Bertz CT molecular complexity index is 822. The lowest BCUT2D eigenvalue weighted by Gasteiger charge is -2.32. The molecule has 0 radical (unpaired) electrons. The summed E-state index contributed by atoms with van der Waals surface area (Å²) < 4.78 is 5.48. The van der Waals surface area contributed by atoms with Crippen LogP contribution in [0.5, 0.6) is 5.75 Å². The number of benzene rings is 2. The quantitative estimate of drug-likeness (QED) is 0.559. The second-order valence-corrected chi connectivity index (χ2v) is 8.09. The van der Waals surface area contributed by atoms with Crippen LogP contribution in [0.1, 0.15) is 36.8 Å². The van der Waals surface area contributed by atoms with Gasteiger partial charge in [-0.05, 0) is 55.2 Å². The van der Waals surface area contributed by atoms with Gasteiger partial charge in [0.05, 0.1) is 12.8 Å². The number of nitrogens with one attached hydrogen (secondary N) is 1. The van der Waals surface area contributed by atoms with Crippen molar-refractivity contribution in [3.63, 3.8) is 0 Å². The summed E-state index contributed by atoms with van der Waals surface area (Å²) in [5, 5.41) is 5.50. The average molecular weight is 423 g/mol. The summed E-state index contributed by atoms with van der Waals surface area (Å²) >= 11 is 18.4. The molecule has 27 heavy (non-hydrogen) atoms. The third-order valence-electron chi connectivity index (χ3n) is 5.05. The molecule has 0 aliphatic heterocycles. The molecule has 0 amide bonds. The van der Waals surface area contributed by atoms with Crippen molar-refractivity contribution in [2.24, 2.45) is 0 Å². The average Bonchev–Trinajstić information content (AvgIpc) is 3.18. The molecular formula is C21H24Cl2N2OS. The number of nitrogens with zero attached hydrogens (tertiary/aromatic N) is 1. The van der Waals surface area contributed by atoms with Crippen molar-refractivity contribution in [1.29, 1.82) is 0 Å². The number of aryl methyl sites for hydroxylation is 1. The highest BCUT2D eigenvalue weighted by molar-refractivity contribution is 7.80. The normalized spacial score (nSPS) is 14.2. The van der Waals surface area contributed by atoms with Crippen molar-refractivity contribution >= 4 is 46.2 Å². The van der Waals surface area contributed by atoms with E-state index in [9.17, 15) is 0 Å². The fraction of sp³-hybridized carbons (Fsp3) is 0.381. The fourth-order valence-corrected chi connectivity index (χ4v) is 4.18. The third kappa shape index (κ3) is 4.87. The molecule has 2 aromatic carbocycles. The number of halogens is 2. The topological polar surface area (TPSA) is 24.5 Å². The van der Waals surface area contributed by atoms with Crippen molar-refractivity contribution in [1.82, 2.24) is 4.90 Å². The summed E-state index contributed by atoms with van der Waals surface area (Å²) in [7, 11) is 1.63. The Kier molecular flexibility index (Phi) is 6.85. The van der Waals surface area contributed by atoms with Crippen LogP contribution in [0, 0.1) is 6.92 Å². The van der Waals surface area contributed by atoms with Gasteiger partial charge in [-0.1, -0.05) is 54.2 Å². The van der Waals surface area contributed by atoms with Crippen LogP contribution in [0.3, 0.4) is 0 Å². The molecule has 1 fully saturated rings. The maximum atomic E-state index is 6.40. The highest BCUT2D eigenvalue weighted by atomic mass is 35.5. The molecule has 0 atom stereocenters. The van der Waals surface area contributed by atoms with E-state index in [1.807, 2.05) is 37.3 Å². The van der Waals surface area contributed by atoms with Crippen LogP contribution in [0.2, 0.25) is 10.0 Å². The van der Waals surface area contributed by atoms with E-state index in [-0.39, 0.29) is 0 Å². The molecule has 2 aromatic rings. The zero-order valence-electron chi connectivity index (χ0n) is 15.6. The number of thiocarbonyl (C=S) groups is 1. The summed E-state index contributed by atoms with van der Waals surface area (Å²) in [4.78, 5) is 2.26. The maximum absolute atomic E-state index is 6.40. The summed E-state index contributed by atoms with van der Waals surface area (Å²) in [5.74, 6) is 0.678. The van der Waals surface area contributed by atoms with Gasteiger partial charge in [0.2, 0.25) is 0 Å². The Labute approximate surface area is 176 Å². The first-order chi connectivity index (χ1) is 13.0. The first-order valence-electron chi connectivity index (χ1n) is 9.14. The molecule has 0 unspecified atom stereocenters. The van der Waals surface area contributed by atoms with Gasteiger partial charge in [0.1, 0.15) is 5.75 Å². The lowest BCUT2D eigenvalue weighted by molar-refractivity contribution is 0.312. The summed E-state index contributed by atoms with van der Waals surface area (Å²) in [6.07, 6.45) is 4.75. The molecule has 0 heterocycles. The maximum Gasteiger partial charge on any atom is 0.174 e. The van der Waals surface area contributed by atoms with E-state index in [0.29, 0.717) is 28.5 Å². The van der Waals surface area contributed by atoms with Crippen LogP contribution in [-0.2, 0) is 6.54 Å². The number of ether oxygens (including phenoxy) is 1. The van der Waals surface area contributed by atoms with Gasteiger partial charge in [-0.25, -0.2) is 0 Å². The molecule has 1 aliphatic rings. The zero-order valence-corrected chi connectivity index (χ0v) is 17.9. The SMILES string of the molecule is COc1cc(Cl)c(C)cc1NC(=S)N(Cc1ccccc1Cl)C1CCCC1. The molecule has 0 aromatic heterocycles. The first-order valence-corrected chi connectivity index (χ1v) is 10.3. The van der Waals surface area contributed by atoms with Gasteiger partial charge in [0.25, 0.3) is 0 Å². The van der Waals surface area contributed by atoms with Gasteiger partial charge in [-0.3, -0.25) is 0 Å². The van der Waals surface area contributed by atoms with E-state index in [1.54, 1.807) is 7.11 Å². The van der Waals surface area contributed by atoms with Crippen molar-refractivity contribution in [3.8, 4) is 5.75 Å². The van der Waals surface area contributed by atoms with Crippen LogP contribution in [0.25, 0.3) is 0 Å². The lowest BCUT2D eigenvalue weighted by Crippen LogP contribution is -2.41. The van der Waals surface area contributed by atoms with Gasteiger partial charge < -0.3 is 15.0 Å². The first kappa shape index (κ1) is 20.2. The van der Waals surface area contributed by atoms with Gasteiger partial charge in [-0.15, -0.1) is 0 Å². The Morgan fingerprint density at radius 2 is 1.89 bits per heavy atom. The minimum absolute atomic E-state index is 0.417. The van der Waals surface area contributed by atoms with E-state index in [2.05, 4.69) is 16.3 Å². The molecule has 1 N–H and O–H groups in total. The lowest BCUT2D eigenvalue weighted by atomic mass is 10.1. The van der Waals surface area contributed by atoms with E-state index < -0.39 is 0 Å². The highest BCUT2D eigenvalue weighted by Crippen LogP contribution is 2.33. The zero-order chi connectivity index (χ0) is 19.4. The third-order valence-corrected chi connectivity index (χ3v) is 6.16. The van der Waals surface area contributed by atoms with Crippen LogP contribution < -0.4 is 10.1 Å². The number of anilines is 1. The minimum Gasteiger partial charge on any atom is -0.495 e. The van der Waals surface area contributed by atoms with E-state index in [1.165, 1.54) is 12.8 Å². The molecule has 1 saturated carbocycles. The minimum atomic E-state index is 0.417. The van der Waals surface area contributed by atoms with Gasteiger partial charge >= 0.3 is 0 Å². The fourth-order valence-electron chi connectivity index (χ4n) is 3.51. The Balaban J connectivity index is 1.85. The van der Waals surface area contributed by atoms with Crippen molar-refractivity contribution < 1.29 is 4.74 Å². The molecule has 6 heteroatoms. The summed E-state index contributed by atoms with van der Waals surface area (Å²) in [6.45, 7) is 2.65. The molecular weight excluding hydrogens is 399 g/mol. The Morgan fingerprint density at radius 1 is 1.19 bits per heavy atom. The molecule has 0 saturated heterocycles. The number of rotatable bonds is 5. The second kappa shape index (κ2) is 9.13. The van der Waals surface area contributed by atoms with E-state index in [0.717, 1.165) is 34.7 Å². The smallest absolute Gasteiger partial charge is 0.174 e. The van der Waals surface area contributed by atoms with E-state index in [4.69, 9.17) is 40.2 Å². The highest BCUT2D eigenvalue weighted by Gasteiger charge is 2.26. The largest absolute Gasteiger partial charge is 0.495 e. The van der Waals surface area contributed by atoms with E-state index >= 15 is 0 Å². The van der Waals surface area contributed by atoms with Crippen LogP contribution in [0.15, 0.2) is 36.4 Å². The standard InChI is InChI=1S/C21H24Cl2N2OS/c1-14-11-19(20(26-2)12-18(14)23)24-21(27)25(16-8-4-5-9-16)13-15-7-3-6-10-17(15)22/h3,6-7,10-12,16H,4-5,8-9,13H2,1-2H3,(H,24,27). The molecule has 0 bridgehead atoms. The Hall–Kier alpha value is -1.49. The van der Waals surface area contributed by atoms with Crippen LogP contribution in [0.4, 0.5) is 5.69 Å². The molecule has 0 spiro atoms. The molecule has 3 rings (SSSR count). The predicted octanol–water partition coefficient (Wildman–Crippen LogP) is 6.45.